The molecule has 3 rings (SSSR count). The Hall–Kier alpha value is -2.25. The molecule has 0 atom stereocenters. The third kappa shape index (κ3) is 2.93. The number of nitrogens with two attached hydrogens (primary N) is 1. The van der Waals surface area contributed by atoms with Gasteiger partial charge in [-0.3, -0.25) is 0 Å². The van der Waals surface area contributed by atoms with Crippen LogP contribution in [0, 0.1) is 11.3 Å². The number of halogens is 1. The number of nitrogens with zero attached hydrogens (tertiary/aromatic N) is 3. The van der Waals surface area contributed by atoms with Crippen LogP contribution >= 0.6 is 11.6 Å². The van der Waals surface area contributed by atoms with Crippen molar-refractivity contribution in [2.75, 3.05) is 10.6 Å². The number of hydrogen-bond donors (Lipinski definition) is 1. The second-order valence-corrected chi connectivity index (χ2v) is 5.59. The van der Waals surface area contributed by atoms with Gasteiger partial charge in [-0.2, -0.15) is 5.26 Å². The number of anilines is 2. The van der Waals surface area contributed by atoms with Crippen LogP contribution in [0.1, 0.15) is 24.0 Å². The lowest BCUT2D eigenvalue weighted by atomic mass is 10.2. The molecule has 2 aromatic rings. The van der Waals surface area contributed by atoms with Crippen LogP contribution in [0.25, 0.3) is 0 Å². The number of benzene rings is 1. The van der Waals surface area contributed by atoms with E-state index in [0.29, 0.717) is 29.0 Å². The van der Waals surface area contributed by atoms with Crippen molar-refractivity contribution in [3.05, 3.63) is 52.7 Å². The van der Waals surface area contributed by atoms with Gasteiger partial charge in [0.25, 0.3) is 0 Å². The van der Waals surface area contributed by atoms with Crippen molar-refractivity contribution < 1.29 is 0 Å². The highest BCUT2D eigenvalue weighted by molar-refractivity contribution is 6.34. The number of pyridine rings is 1. The predicted molar refractivity (Wildman–Crippen MR) is 84.0 cm³/mol. The summed E-state index contributed by atoms with van der Waals surface area (Å²) in [5, 5.41) is 9.53. The molecule has 0 aliphatic heterocycles. The molecule has 0 unspecified atom stereocenters. The Kier molecular flexibility index (Phi) is 3.68. The lowest BCUT2D eigenvalue weighted by Crippen LogP contribution is -2.26. The van der Waals surface area contributed by atoms with Gasteiger partial charge in [0.05, 0.1) is 5.56 Å². The molecular formula is C16H15ClN4. The van der Waals surface area contributed by atoms with Crippen LogP contribution in [-0.2, 0) is 6.54 Å². The maximum absolute atomic E-state index is 9.11. The fourth-order valence-electron chi connectivity index (χ4n) is 2.37. The van der Waals surface area contributed by atoms with Crippen LogP contribution in [0.3, 0.4) is 0 Å². The summed E-state index contributed by atoms with van der Waals surface area (Å²) < 4.78 is 0. The first-order valence-electron chi connectivity index (χ1n) is 6.84. The SMILES string of the molecule is N#Cc1ccnc(N(Cc2cccc(N)c2)C2CC2)c1Cl. The maximum atomic E-state index is 9.11. The molecular weight excluding hydrogens is 284 g/mol. The number of aromatic nitrogens is 1. The standard InChI is InChI=1S/C16H15ClN4/c17-15-12(9-18)6-7-20-16(15)21(14-4-5-14)10-11-2-1-3-13(19)8-11/h1-3,6-8,14H,4-5,10,19H2. The maximum Gasteiger partial charge on any atom is 0.149 e. The molecule has 21 heavy (non-hydrogen) atoms. The van der Waals surface area contributed by atoms with E-state index in [4.69, 9.17) is 22.6 Å². The molecule has 1 heterocycles. The third-order valence-corrected chi connectivity index (χ3v) is 3.93. The average molecular weight is 299 g/mol. The van der Waals surface area contributed by atoms with Crippen molar-refractivity contribution in [2.24, 2.45) is 0 Å². The van der Waals surface area contributed by atoms with E-state index < -0.39 is 0 Å². The second-order valence-electron chi connectivity index (χ2n) is 5.21. The van der Waals surface area contributed by atoms with Gasteiger partial charge in [-0.15, -0.1) is 0 Å². The Balaban J connectivity index is 1.94. The first-order valence-corrected chi connectivity index (χ1v) is 7.22. The highest BCUT2D eigenvalue weighted by atomic mass is 35.5. The van der Waals surface area contributed by atoms with Gasteiger partial charge in [0.2, 0.25) is 0 Å². The van der Waals surface area contributed by atoms with E-state index >= 15 is 0 Å². The molecule has 1 aromatic carbocycles. The minimum atomic E-state index is 0.427. The molecule has 0 spiro atoms. The van der Waals surface area contributed by atoms with Crippen molar-refractivity contribution in [3.8, 4) is 6.07 Å². The van der Waals surface area contributed by atoms with E-state index in [2.05, 4.69) is 16.0 Å². The summed E-state index contributed by atoms with van der Waals surface area (Å²) in [6, 6.07) is 12.0. The van der Waals surface area contributed by atoms with Gasteiger partial charge in [0.15, 0.2) is 0 Å². The summed E-state index contributed by atoms with van der Waals surface area (Å²) >= 11 is 6.32. The van der Waals surface area contributed by atoms with Crippen LogP contribution in [0.4, 0.5) is 11.5 Å². The summed E-state index contributed by atoms with van der Waals surface area (Å²) in [5.41, 5.74) is 8.15. The van der Waals surface area contributed by atoms with Crippen molar-refractivity contribution in [1.29, 1.82) is 5.26 Å². The number of nitriles is 1. The predicted octanol–water partition coefficient (Wildman–Crippen LogP) is 3.36. The van der Waals surface area contributed by atoms with Crippen LogP contribution < -0.4 is 10.6 Å². The number of hydrogen-bond acceptors (Lipinski definition) is 4. The Bertz CT molecular complexity index is 704. The minimum absolute atomic E-state index is 0.427. The first kappa shape index (κ1) is 13.7. The van der Waals surface area contributed by atoms with Crippen LogP contribution in [-0.4, -0.2) is 11.0 Å². The highest BCUT2D eigenvalue weighted by Crippen LogP contribution is 2.36. The van der Waals surface area contributed by atoms with Crippen molar-refractivity contribution in [2.45, 2.75) is 25.4 Å². The monoisotopic (exact) mass is 298 g/mol. The van der Waals surface area contributed by atoms with E-state index in [1.807, 2.05) is 24.3 Å². The Morgan fingerprint density at radius 1 is 1.38 bits per heavy atom. The molecule has 106 valence electrons. The fraction of sp³-hybridized carbons (Fsp3) is 0.250. The van der Waals surface area contributed by atoms with Gasteiger partial charge in [-0.1, -0.05) is 23.7 Å². The van der Waals surface area contributed by atoms with E-state index in [-0.39, 0.29) is 0 Å². The highest BCUT2D eigenvalue weighted by Gasteiger charge is 2.31. The van der Waals surface area contributed by atoms with Crippen molar-refractivity contribution in [3.63, 3.8) is 0 Å². The fourth-order valence-corrected chi connectivity index (χ4v) is 2.63. The third-order valence-electron chi connectivity index (χ3n) is 3.55. The second kappa shape index (κ2) is 5.63. The summed E-state index contributed by atoms with van der Waals surface area (Å²) in [6.07, 6.45) is 3.88. The minimum Gasteiger partial charge on any atom is -0.399 e. The first-order chi connectivity index (χ1) is 10.2. The Labute approximate surface area is 128 Å². The van der Waals surface area contributed by atoms with Gasteiger partial charge >= 0.3 is 0 Å². The molecule has 1 saturated carbocycles. The molecule has 1 aliphatic carbocycles. The van der Waals surface area contributed by atoms with Crippen molar-refractivity contribution in [1.82, 2.24) is 4.98 Å². The van der Waals surface area contributed by atoms with Crippen molar-refractivity contribution >= 4 is 23.1 Å². The quantitative estimate of drug-likeness (QED) is 0.879. The Morgan fingerprint density at radius 3 is 2.86 bits per heavy atom. The summed E-state index contributed by atoms with van der Waals surface area (Å²) in [5.74, 6) is 0.681. The van der Waals surface area contributed by atoms with Gasteiger partial charge in [0, 0.05) is 24.5 Å². The number of nitrogen functional groups attached to an aromatic ring is 1. The van der Waals surface area contributed by atoms with Gasteiger partial charge in [-0.25, -0.2) is 4.98 Å². The summed E-state index contributed by atoms with van der Waals surface area (Å²) in [7, 11) is 0. The van der Waals surface area contributed by atoms with Gasteiger partial charge in [0.1, 0.15) is 16.9 Å². The zero-order chi connectivity index (χ0) is 14.8. The van der Waals surface area contributed by atoms with Crippen LogP contribution in [0.15, 0.2) is 36.5 Å². The molecule has 1 aliphatic rings. The zero-order valence-corrected chi connectivity index (χ0v) is 12.2. The summed E-state index contributed by atoms with van der Waals surface area (Å²) in [6.45, 7) is 0.692. The van der Waals surface area contributed by atoms with E-state index in [1.165, 1.54) is 0 Å². The summed E-state index contributed by atoms with van der Waals surface area (Å²) in [4.78, 5) is 6.54. The van der Waals surface area contributed by atoms with E-state index in [1.54, 1.807) is 12.3 Å². The number of rotatable bonds is 4. The molecule has 1 fully saturated rings. The molecule has 0 saturated heterocycles. The molecule has 1 aromatic heterocycles. The Morgan fingerprint density at radius 2 is 2.19 bits per heavy atom. The zero-order valence-electron chi connectivity index (χ0n) is 11.5. The molecule has 4 nitrogen and oxygen atoms in total. The topological polar surface area (TPSA) is 65.9 Å². The normalized spacial score (nSPS) is 13.7. The lowest BCUT2D eigenvalue weighted by Gasteiger charge is -2.25. The largest absolute Gasteiger partial charge is 0.399 e. The van der Waals surface area contributed by atoms with Crippen LogP contribution in [0.2, 0.25) is 5.02 Å². The van der Waals surface area contributed by atoms with Gasteiger partial charge < -0.3 is 10.6 Å². The van der Waals surface area contributed by atoms with E-state index in [9.17, 15) is 0 Å². The van der Waals surface area contributed by atoms with E-state index in [0.717, 1.165) is 24.1 Å². The molecule has 2 N–H and O–H groups in total. The van der Waals surface area contributed by atoms with Gasteiger partial charge in [-0.05, 0) is 36.6 Å². The lowest BCUT2D eigenvalue weighted by molar-refractivity contribution is 0.778. The molecule has 0 radical (unpaired) electrons. The molecule has 0 amide bonds. The molecule has 5 heteroatoms. The average Bonchev–Trinajstić information content (AvgIpc) is 3.30. The smallest absolute Gasteiger partial charge is 0.149 e. The van der Waals surface area contributed by atoms with Crippen LogP contribution in [0.5, 0.6) is 0 Å². The molecule has 0 bridgehead atoms.